The van der Waals surface area contributed by atoms with Gasteiger partial charge < -0.3 is 9.47 Å². The van der Waals surface area contributed by atoms with Crippen LogP contribution in [0.2, 0.25) is 0 Å². The topological polar surface area (TPSA) is 38.8 Å². The Hall–Kier alpha value is -2.31. The van der Waals surface area contributed by atoms with Crippen LogP contribution in [0.5, 0.6) is 11.5 Å². The normalized spacial score (nSPS) is 16.2. The zero-order valence-corrected chi connectivity index (χ0v) is 19.2. The predicted octanol–water partition coefficient (Wildman–Crippen LogP) is 5.88. The number of para-hydroxylation sites is 1. The first kappa shape index (κ1) is 22.4. The number of rotatable bonds is 9. The van der Waals surface area contributed by atoms with Crippen LogP contribution in [-0.2, 0) is 4.79 Å². The molecule has 1 heterocycles. The molecule has 1 aliphatic rings. The molecular formula is C24H27NO3S2. The summed E-state index contributed by atoms with van der Waals surface area (Å²) in [6, 6.07) is 16.0. The van der Waals surface area contributed by atoms with E-state index in [4.69, 9.17) is 21.7 Å². The third-order valence-corrected chi connectivity index (χ3v) is 6.55. The second kappa shape index (κ2) is 10.6. The van der Waals surface area contributed by atoms with Crippen molar-refractivity contribution in [2.24, 2.45) is 0 Å². The first-order chi connectivity index (χ1) is 14.5. The molecular weight excluding hydrogens is 414 g/mol. The summed E-state index contributed by atoms with van der Waals surface area (Å²) in [4.78, 5) is 14.3. The molecule has 2 aromatic rings. The zero-order chi connectivity index (χ0) is 21.5. The van der Waals surface area contributed by atoms with Crippen LogP contribution in [0, 0.1) is 0 Å². The second-order valence-electron chi connectivity index (χ2n) is 7.21. The Balaban J connectivity index is 1.50. The van der Waals surface area contributed by atoms with E-state index >= 15 is 0 Å². The van der Waals surface area contributed by atoms with E-state index in [1.807, 2.05) is 42.5 Å². The number of hydrogen-bond acceptors (Lipinski definition) is 5. The molecule has 1 aliphatic heterocycles. The fraction of sp³-hybridized carbons (Fsp3) is 0.333. The van der Waals surface area contributed by atoms with Crippen molar-refractivity contribution < 1.29 is 14.3 Å². The van der Waals surface area contributed by atoms with Gasteiger partial charge in [-0.3, -0.25) is 9.69 Å². The van der Waals surface area contributed by atoms with Gasteiger partial charge in [0.05, 0.1) is 18.1 Å². The SMILES string of the molecule is CC[C@@H](C)c1ccc(OCCCOc2ccccc2/C=C2\SC(=S)N(C)C2=O)cc1. The summed E-state index contributed by atoms with van der Waals surface area (Å²) in [7, 11) is 1.69. The molecule has 4 nitrogen and oxygen atoms in total. The highest BCUT2D eigenvalue weighted by Crippen LogP contribution is 2.33. The minimum absolute atomic E-state index is 0.0763. The molecule has 0 aromatic heterocycles. The summed E-state index contributed by atoms with van der Waals surface area (Å²) < 4.78 is 12.3. The molecule has 0 aliphatic carbocycles. The number of thioether (sulfide) groups is 1. The minimum atomic E-state index is -0.0763. The molecule has 158 valence electrons. The van der Waals surface area contributed by atoms with Crippen molar-refractivity contribution in [2.75, 3.05) is 20.3 Å². The highest BCUT2D eigenvalue weighted by atomic mass is 32.2. The number of amides is 1. The van der Waals surface area contributed by atoms with Crippen molar-refractivity contribution in [1.82, 2.24) is 4.90 Å². The molecule has 3 rings (SSSR count). The van der Waals surface area contributed by atoms with Gasteiger partial charge in [0.15, 0.2) is 0 Å². The van der Waals surface area contributed by atoms with Gasteiger partial charge in [-0.2, -0.15) is 0 Å². The van der Waals surface area contributed by atoms with Gasteiger partial charge >= 0.3 is 0 Å². The summed E-state index contributed by atoms with van der Waals surface area (Å²) in [6.45, 7) is 5.54. The first-order valence-electron chi connectivity index (χ1n) is 10.2. The van der Waals surface area contributed by atoms with Gasteiger partial charge in [0.25, 0.3) is 5.91 Å². The Morgan fingerprint density at radius 2 is 1.80 bits per heavy atom. The summed E-state index contributed by atoms with van der Waals surface area (Å²) in [5.41, 5.74) is 2.21. The lowest BCUT2D eigenvalue weighted by atomic mass is 9.99. The summed E-state index contributed by atoms with van der Waals surface area (Å²) >= 11 is 6.50. The third kappa shape index (κ3) is 5.64. The van der Waals surface area contributed by atoms with Crippen LogP contribution < -0.4 is 9.47 Å². The van der Waals surface area contributed by atoms with E-state index in [-0.39, 0.29) is 5.91 Å². The molecule has 0 bridgehead atoms. The monoisotopic (exact) mass is 441 g/mol. The maximum Gasteiger partial charge on any atom is 0.265 e. The molecule has 1 fully saturated rings. The van der Waals surface area contributed by atoms with Crippen LogP contribution in [-0.4, -0.2) is 35.4 Å². The Labute approximate surface area is 188 Å². The smallest absolute Gasteiger partial charge is 0.265 e. The van der Waals surface area contributed by atoms with Crippen molar-refractivity contribution in [3.63, 3.8) is 0 Å². The van der Waals surface area contributed by atoms with Crippen LogP contribution in [0.25, 0.3) is 6.08 Å². The number of ether oxygens (including phenoxy) is 2. The predicted molar refractivity (Wildman–Crippen MR) is 128 cm³/mol. The number of thiocarbonyl (C=S) groups is 1. The van der Waals surface area contributed by atoms with Gasteiger partial charge in [0, 0.05) is 19.0 Å². The van der Waals surface area contributed by atoms with Gasteiger partial charge in [0.1, 0.15) is 15.8 Å². The van der Waals surface area contributed by atoms with E-state index in [2.05, 4.69) is 26.0 Å². The maximum absolute atomic E-state index is 12.2. The summed E-state index contributed by atoms with van der Waals surface area (Å²) in [6.07, 6.45) is 3.73. The van der Waals surface area contributed by atoms with E-state index in [9.17, 15) is 4.79 Å². The first-order valence-corrected chi connectivity index (χ1v) is 11.4. The van der Waals surface area contributed by atoms with Crippen molar-refractivity contribution >= 4 is 40.3 Å². The van der Waals surface area contributed by atoms with Crippen LogP contribution in [0.4, 0.5) is 0 Å². The van der Waals surface area contributed by atoms with Crippen LogP contribution >= 0.6 is 24.0 Å². The minimum Gasteiger partial charge on any atom is -0.493 e. The third-order valence-electron chi connectivity index (χ3n) is 5.07. The van der Waals surface area contributed by atoms with Crippen molar-refractivity contribution in [2.45, 2.75) is 32.6 Å². The average Bonchev–Trinajstić information content (AvgIpc) is 3.01. The molecule has 0 radical (unpaired) electrons. The highest BCUT2D eigenvalue weighted by Gasteiger charge is 2.28. The van der Waals surface area contributed by atoms with Crippen molar-refractivity contribution in [1.29, 1.82) is 0 Å². The number of likely N-dealkylation sites (N-methyl/N-ethyl adjacent to an activating group) is 1. The Kier molecular flexibility index (Phi) is 7.94. The largest absolute Gasteiger partial charge is 0.493 e. The van der Waals surface area contributed by atoms with Gasteiger partial charge in [-0.05, 0) is 42.2 Å². The van der Waals surface area contributed by atoms with E-state index in [0.717, 1.165) is 29.9 Å². The second-order valence-corrected chi connectivity index (χ2v) is 8.88. The van der Waals surface area contributed by atoms with E-state index < -0.39 is 0 Å². The van der Waals surface area contributed by atoms with Crippen LogP contribution in [0.15, 0.2) is 53.4 Å². The molecule has 0 spiro atoms. The molecule has 1 amide bonds. The standard InChI is InChI=1S/C24H27NO3S2/c1-4-17(2)18-10-12-20(13-11-18)27-14-7-15-28-21-9-6-5-8-19(21)16-22-23(26)25(3)24(29)30-22/h5-6,8-13,16-17H,4,7,14-15H2,1-3H3/b22-16-/t17-/m1/s1. The quantitative estimate of drug-likeness (QED) is 0.276. The number of benzene rings is 2. The molecule has 6 heteroatoms. The van der Waals surface area contributed by atoms with Gasteiger partial charge in [0.2, 0.25) is 0 Å². The zero-order valence-electron chi connectivity index (χ0n) is 17.6. The Bertz CT molecular complexity index is 924. The van der Waals surface area contributed by atoms with Gasteiger partial charge in [-0.15, -0.1) is 0 Å². The lowest BCUT2D eigenvalue weighted by molar-refractivity contribution is -0.121. The molecule has 30 heavy (non-hydrogen) atoms. The average molecular weight is 442 g/mol. The van der Waals surface area contributed by atoms with Gasteiger partial charge in [-0.1, -0.05) is 68.2 Å². The number of carbonyl (C=O) groups excluding carboxylic acids is 1. The Morgan fingerprint density at radius 3 is 2.47 bits per heavy atom. The fourth-order valence-corrected chi connectivity index (χ4v) is 4.15. The summed E-state index contributed by atoms with van der Waals surface area (Å²) in [5, 5.41) is 0. The van der Waals surface area contributed by atoms with E-state index in [1.165, 1.54) is 22.2 Å². The molecule has 0 N–H and O–H groups in total. The lowest BCUT2D eigenvalue weighted by Gasteiger charge is -2.12. The number of hydrogen-bond donors (Lipinski definition) is 0. The van der Waals surface area contributed by atoms with E-state index in [0.29, 0.717) is 28.4 Å². The van der Waals surface area contributed by atoms with Gasteiger partial charge in [-0.25, -0.2) is 0 Å². The molecule has 1 saturated heterocycles. The van der Waals surface area contributed by atoms with Crippen LogP contribution in [0.3, 0.4) is 0 Å². The van der Waals surface area contributed by atoms with Crippen molar-refractivity contribution in [3.05, 3.63) is 64.6 Å². The van der Waals surface area contributed by atoms with Crippen LogP contribution in [0.1, 0.15) is 43.7 Å². The van der Waals surface area contributed by atoms with E-state index in [1.54, 1.807) is 7.05 Å². The molecule has 0 unspecified atom stereocenters. The summed E-state index contributed by atoms with van der Waals surface area (Å²) in [5.74, 6) is 2.12. The number of nitrogens with zero attached hydrogens (tertiary/aromatic N) is 1. The fourth-order valence-electron chi connectivity index (χ4n) is 2.98. The molecule has 0 saturated carbocycles. The number of carbonyl (C=O) groups is 1. The Morgan fingerprint density at radius 1 is 1.10 bits per heavy atom. The molecule has 2 aromatic carbocycles. The lowest BCUT2D eigenvalue weighted by Crippen LogP contribution is -2.22. The maximum atomic E-state index is 12.2. The highest BCUT2D eigenvalue weighted by molar-refractivity contribution is 8.26. The molecule has 1 atom stereocenters. The van der Waals surface area contributed by atoms with Crippen molar-refractivity contribution in [3.8, 4) is 11.5 Å².